The maximum Gasteiger partial charge on any atom is 0.408 e. The van der Waals surface area contributed by atoms with E-state index in [-0.39, 0.29) is 24.4 Å². The maximum absolute atomic E-state index is 11.1. The van der Waals surface area contributed by atoms with Gasteiger partial charge in [0.05, 0.1) is 6.54 Å². The van der Waals surface area contributed by atoms with Crippen LogP contribution in [0.25, 0.3) is 0 Å². The number of hydrogen-bond donors (Lipinski definition) is 3. The summed E-state index contributed by atoms with van der Waals surface area (Å²) in [6, 6.07) is 3.19. The van der Waals surface area contributed by atoms with Gasteiger partial charge in [-0.25, -0.2) is 9.59 Å². The number of amides is 1. The van der Waals surface area contributed by atoms with Crippen LogP contribution >= 0.6 is 0 Å². The molecule has 1 saturated heterocycles. The average molecular weight is 268 g/mol. The summed E-state index contributed by atoms with van der Waals surface area (Å²) in [4.78, 5) is 36.2. The van der Waals surface area contributed by atoms with Crippen molar-refractivity contribution in [2.75, 3.05) is 6.54 Å². The third-order valence-corrected chi connectivity index (χ3v) is 2.83. The molecule has 0 unspecified atom stereocenters. The third kappa shape index (κ3) is 2.84. The molecule has 1 aromatic heterocycles. The highest BCUT2D eigenvalue weighted by Gasteiger charge is 2.41. The average Bonchev–Trinajstić information content (AvgIpc) is 2.73. The van der Waals surface area contributed by atoms with Gasteiger partial charge >= 0.3 is 12.1 Å². The van der Waals surface area contributed by atoms with Crippen molar-refractivity contribution < 1.29 is 24.5 Å². The van der Waals surface area contributed by atoms with Crippen molar-refractivity contribution in [3.05, 3.63) is 28.6 Å². The summed E-state index contributed by atoms with van der Waals surface area (Å²) in [5.41, 5.74) is -0.347. The Kier molecular flexibility index (Phi) is 3.41. The number of rotatable bonds is 3. The Balaban J connectivity index is 2.09. The molecule has 0 bridgehead atoms. The Morgan fingerprint density at radius 3 is 2.63 bits per heavy atom. The molecular formula is C11H12N2O6. The van der Waals surface area contributed by atoms with Crippen LogP contribution in [0.2, 0.25) is 0 Å². The topological polar surface area (TPSA) is 120 Å². The molecule has 0 spiro atoms. The zero-order valence-corrected chi connectivity index (χ0v) is 9.78. The summed E-state index contributed by atoms with van der Waals surface area (Å²) in [5.74, 6) is -1.02. The van der Waals surface area contributed by atoms with Gasteiger partial charge in [-0.15, -0.1) is 0 Å². The number of pyridine rings is 1. The van der Waals surface area contributed by atoms with Gasteiger partial charge in [0.25, 0.3) is 5.56 Å². The molecule has 8 heteroatoms. The molecular weight excluding hydrogens is 256 g/mol. The van der Waals surface area contributed by atoms with Crippen molar-refractivity contribution in [2.45, 2.75) is 18.6 Å². The van der Waals surface area contributed by atoms with Crippen molar-refractivity contribution in [3.8, 4) is 5.88 Å². The standard InChI is InChI=1S/C11H12N2O6/c14-8-2-1-3-9(12-8)19-6-4-7(10(15)16)13(5-6)11(17)18/h1-3,6-7H,4-5H2,(H,12,14)(H,15,16)(H,17,18)/t6-,7+/m1/s1. The summed E-state index contributed by atoms with van der Waals surface area (Å²) in [6.45, 7) is -0.0524. The molecule has 1 aliphatic heterocycles. The molecule has 1 fully saturated rings. The van der Waals surface area contributed by atoms with Gasteiger partial charge in [-0.3, -0.25) is 14.7 Å². The Labute approximate surface area is 107 Å². The lowest BCUT2D eigenvalue weighted by molar-refractivity contribution is -0.141. The van der Waals surface area contributed by atoms with Crippen LogP contribution in [0.15, 0.2) is 23.0 Å². The Morgan fingerprint density at radius 1 is 1.37 bits per heavy atom. The summed E-state index contributed by atoms with van der Waals surface area (Å²) < 4.78 is 5.39. The predicted octanol–water partition coefficient (Wildman–Crippen LogP) is -0.0408. The van der Waals surface area contributed by atoms with Gasteiger partial charge in [0.1, 0.15) is 12.1 Å². The molecule has 1 aliphatic rings. The Morgan fingerprint density at radius 2 is 2.11 bits per heavy atom. The molecule has 2 rings (SSSR count). The number of nitrogens with zero attached hydrogens (tertiary/aromatic N) is 1. The highest BCUT2D eigenvalue weighted by atomic mass is 16.5. The molecule has 8 nitrogen and oxygen atoms in total. The van der Waals surface area contributed by atoms with E-state index in [1.165, 1.54) is 18.2 Å². The Hall–Kier alpha value is -2.51. The van der Waals surface area contributed by atoms with Crippen LogP contribution in [0.1, 0.15) is 6.42 Å². The molecule has 0 aliphatic carbocycles. The number of H-pyrrole nitrogens is 1. The summed E-state index contributed by atoms with van der Waals surface area (Å²) in [7, 11) is 0. The van der Waals surface area contributed by atoms with E-state index in [1.54, 1.807) is 0 Å². The van der Waals surface area contributed by atoms with Crippen LogP contribution in [0.4, 0.5) is 4.79 Å². The van der Waals surface area contributed by atoms with E-state index < -0.39 is 24.2 Å². The normalized spacial score (nSPS) is 22.2. The lowest BCUT2D eigenvalue weighted by Crippen LogP contribution is -2.39. The first-order valence-corrected chi connectivity index (χ1v) is 5.55. The maximum atomic E-state index is 11.1. The van der Waals surface area contributed by atoms with Crippen LogP contribution in [-0.2, 0) is 4.79 Å². The fraction of sp³-hybridized carbons (Fsp3) is 0.364. The first kappa shape index (κ1) is 12.9. The van der Waals surface area contributed by atoms with Gasteiger partial charge in [-0.1, -0.05) is 6.07 Å². The van der Waals surface area contributed by atoms with Gasteiger partial charge in [0.2, 0.25) is 0 Å². The first-order valence-electron chi connectivity index (χ1n) is 5.55. The number of ether oxygens (including phenoxy) is 1. The molecule has 2 atom stereocenters. The number of carboxylic acid groups (broad SMARTS) is 2. The summed E-state index contributed by atoms with van der Waals surface area (Å²) in [5, 5.41) is 17.9. The van der Waals surface area contributed by atoms with Crippen LogP contribution in [0.5, 0.6) is 5.88 Å². The van der Waals surface area contributed by atoms with E-state index in [4.69, 9.17) is 14.9 Å². The van der Waals surface area contributed by atoms with E-state index >= 15 is 0 Å². The lowest BCUT2D eigenvalue weighted by atomic mass is 10.2. The van der Waals surface area contributed by atoms with E-state index in [0.29, 0.717) is 0 Å². The van der Waals surface area contributed by atoms with E-state index in [9.17, 15) is 14.4 Å². The van der Waals surface area contributed by atoms with Crippen molar-refractivity contribution in [3.63, 3.8) is 0 Å². The minimum Gasteiger partial charge on any atom is -0.480 e. The molecule has 0 aromatic carbocycles. The quantitative estimate of drug-likeness (QED) is 0.707. The number of nitrogens with one attached hydrogen (secondary N) is 1. The molecule has 102 valence electrons. The van der Waals surface area contributed by atoms with Crippen molar-refractivity contribution in [2.24, 2.45) is 0 Å². The van der Waals surface area contributed by atoms with Crippen LogP contribution in [-0.4, -0.2) is 50.9 Å². The van der Waals surface area contributed by atoms with Gasteiger partial charge in [-0.05, 0) is 6.07 Å². The fourth-order valence-corrected chi connectivity index (χ4v) is 2.00. The zero-order chi connectivity index (χ0) is 14.0. The Bertz CT molecular complexity index is 532. The molecule has 0 saturated carbocycles. The minimum atomic E-state index is -1.31. The first-order chi connectivity index (χ1) is 8.97. The molecule has 1 amide bonds. The highest BCUT2D eigenvalue weighted by molar-refractivity contribution is 5.80. The summed E-state index contributed by atoms with van der Waals surface area (Å²) in [6.07, 6.45) is -1.87. The largest absolute Gasteiger partial charge is 0.480 e. The van der Waals surface area contributed by atoms with E-state index in [2.05, 4.69) is 4.98 Å². The van der Waals surface area contributed by atoms with E-state index in [0.717, 1.165) is 4.90 Å². The second kappa shape index (κ2) is 5.01. The molecule has 1 aromatic rings. The predicted molar refractivity (Wildman–Crippen MR) is 62.3 cm³/mol. The van der Waals surface area contributed by atoms with Gasteiger partial charge in [0.15, 0.2) is 5.88 Å². The zero-order valence-electron chi connectivity index (χ0n) is 9.78. The molecule has 19 heavy (non-hydrogen) atoms. The lowest BCUT2D eigenvalue weighted by Gasteiger charge is -2.16. The fourth-order valence-electron chi connectivity index (χ4n) is 2.00. The number of aliphatic carboxylic acids is 1. The SMILES string of the molecule is O=C(O)[C@@H]1C[C@@H](Oc2cccc(=O)[nH]2)CN1C(=O)O. The van der Waals surface area contributed by atoms with Crippen LogP contribution in [0, 0.1) is 0 Å². The smallest absolute Gasteiger partial charge is 0.408 e. The van der Waals surface area contributed by atoms with E-state index in [1.807, 2.05) is 0 Å². The number of hydrogen-bond acceptors (Lipinski definition) is 4. The monoisotopic (exact) mass is 268 g/mol. The second-order valence-corrected chi connectivity index (χ2v) is 4.14. The number of carboxylic acids is 1. The third-order valence-electron chi connectivity index (χ3n) is 2.83. The molecule has 3 N–H and O–H groups in total. The van der Waals surface area contributed by atoms with Crippen molar-refractivity contribution in [1.82, 2.24) is 9.88 Å². The van der Waals surface area contributed by atoms with Crippen molar-refractivity contribution >= 4 is 12.1 Å². The van der Waals surface area contributed by atoms with Crippen LogP contribution < -0.4 is 10.3 Å². The van der Waals surface area contributed by atoms with Gasteiger partial charge in [0, 0.05) is 12.5 Å². The highest BCUT2D eigenvalue weighted by Crippen LogP contribution is 2.21. The summed E-state index contributed by atoms with van der Waals surface area (Å²) >= 11 is 0. The van der Waals surface area contributed by atoms with Gasteiger partial charge in [-0.2, -0.15) is 0 Å². The second-order valence-electron chi connectivity index (χ2n) is 4.14. The van der Waals surface area contributed by atoms with Crippen molar-refractivity contribution in [1.29, 1.82) is 0 Å². The number of likely N-dealkylation sites (tertiary alicyclic amines) is 1. The van der Waals surface area contributed by atoms with Crippen LogP contribution in [0.3, 0.4) is 0 Å². The minimum absolute atomic E-state index is 0.0402. The molecule has 2 heterocycles. The number of aromatic amines is 1. The molecule has 0 radical (unpaired) electrons. The number of carbonyl (C=O) groups is 2. The van der Waals surface area contributed by atoms with Gasteiger partial charge < -0.3 is 14.9 Å². The number of aromatic nitrogens is 1.